The first kappa shape index (κ1) is 16.7. The quantitative estimate of drug-likeness (QED) is 0.318. The standard InChI is InChI=1S/C14H12N2O6Si/c17-15(18)13-7-3-1-5-11(13)9-21-23-22-10-12-6-2-4-8-14(12)16(19)20/h1-8H,9-10H2. The predicted octanol–water partition coefficient (Wildman–Crippen LogP) is 2.77. The lowest BCUT2D eigenvalue weighted by Crippen LogP contribution is -2.07. The Labute approximate surface area is 134 Å². The van der Waals surface area contributed by atoms with Gasteiger partial charge in [-0.15, -0.1) is 0 Å². The highest BCUT2D eigenvalue weighted by Crippen LogP contribution is 2.19. The van der Waals surface area contributed by atoms with E-state index in [1.54, 1.807) is 36.4 Å². The van der Waals surface area contributed by atoms with Crippen molar-refractivity contribution in [2.75, 3.05) is 0 Å². The molecule has 2 aromatic rings. The minimum Gasteiger partial charge on any atom is -0.388 e. The van der Waals surface area contributed by atoms with Crippen LogP contribution in [-0.4, -0.2) is 19.9 Å². The highest BCUT2D eigenvalue weighted by atomic mass is 28.3. The molecule has 0 amide bonds. The molecule has 0 N–H and O–H groups in total. The monoisotopic (exact) mass is 332 g/mol. The molecule has 0 fully saturated rings. The largest absolute Gasteiger partial charge is 0.434 e. The highest BCUT2D eigenvalue weighted by molar-refractivity contribution is 6.17. The molecule has 0 bridgehead atoms. The molecule has 0 spiro atoms. The van der Waals surface area contributed by atoms with Gasteiger partial charge in [0.25, 0.3) is 11.4 Å². The average molecular weight is 332 g/mol. The number of rotatable bonds is 8. The maximum absolute atomic E-state index is 10.9. The molecule has 8 nitrogen and oxygen atoms in total. The van der Waals surface area contributed by atoms with Crippen LogP contribution in [0.15, 0.2) is 48.5 Å². The Morgan fingerprint density at radius 1 is 0.783 bits per heavy atom. The molecule has 0 aromatic heterocycles. The minimum atomic E-state index is -0.476. The Hall–Kier alpha value is -2.62. The lowest BCUT2D eigenvalue weighted by atomic mass is 10.2. The summed E-state index contributed by atoms with van der Waals surface area (Å²) < 4.78 is 10.5. The summed E-state index contributed by atoms with van der Waals surface area (Å²) in [5.74, 6) is 0. The molecule has 0 aliphatic rings. The first-order chi connectivity index (χ1) is 11.1. The van der Waals surface area contributed by atoms with Gasteiger partial charge in [0, 0.05) is 12.1 Å². The van der Waals surface area contributed by atoms with Crippen molar-refractivity contribution >= 4 is 21.4 Å². The van der Waals surface area contributed by atoms with Crippen molar-refractivity contribution in [1.29, 1.82) is 0 Å². The third-order valence-corrected chi connectivity index (χ3v) is 3.47. The van der Waals surface area contributed by atoms with Crippen LogP contribution in [0.25, 0.3) is 0 Å². The normalized spacial score (nSPS) is 10.4. The first-order valence-electron chi connectivity index (χ1n) is 6.52. The number of nitro benzene ring substituents is 2. The molecule has 0 atom stereocenters. The summed E-state index contributed by atoms with van der Waals surface area (Å²) in [6.07, 6.45) is 0. The molecule has 0 unspecified atom stereocenters. The highest BCUT2D eigenvalue weighted by Gasteiger charge is 2.14. The van der Waals surface area contributed by atoms with E-state index >= 15 is 0 Å². The van der Waals surface area contributed by atoms with Gasteiger partial charge in [-0.3, -0.25) is 20.2 Å². The van der Waals surface area contributed by atoms with E-state index in [-0.39, 0.29) is 34.6 Å². The number of nitrogens with zero attached hydrogens (tertiary/aromatic N) is 2. The molecule has 2 radical (unpaired) electrons. The van der Waals surface area contributed by atoms with Gasteiger partial charge in [-0.25, -0.2) is 0 Å². The average Bonchev–Trinajstić information content (AvgIpc) is 2.55. The van der Waals surface area contributed by atoms with Gasteiger partial charge < -0.3 is 8.85 Å². The molecular weight excluding hydrogens is 320 g/mol. The molecule has 0 aliphatic heterocycles. The van der Waals surface area contributed by atoms with Crippen LogP contribution in [0.4, 0.5) is 11.4 Å². The van der Waals surface area contributed by atoms with E-state index in [2.05, 4.69) is 0 Å². The Kier molecular flexibility index (Phi) is 5.92. The van der Waals surface area contributed by atoms with E-state index in [9.17, 15) is 20.2 Å². The Morgan fingerprint density at radius 3 is 1.57 bits per heavy atom. The number of benzene rings is 2. The van der Waals surface area contributed by atoms with E-state index < -0.39 is 9.85 Å². The summed E-state index contributed by atoms with van der Waals surface area (Å²) in [4.78, 5) is 20.8. The maximum Gasteiger partial charge on any atom is 0.434 e. The zero-order valence-corrected chi connectivity index (χ0v) is 12.9. The van der Waals surface area contributed by atoms with Crippen molar-refractivity contribution in [3.63, 3.8) is 0 Å². The van der Waals surface area contributed by atoms with E-state index in [4.69, 9.17) is 8.85 Å². The number of nitro groups is 2. The second kappa shape index (κ2) is 8.13. The van der Waals surface area contributed by atoms with Gasteiger partial charge in [-0.05, 0) is 12.1 Å². The van der Waals surface area contributed by atoms with Crippen LogP contribution < -0.4 is 0 Å². The Balaban J connectivity index is 1.83. The van der Waals surface area contributed by atoms with Crippen molar-refractivity contribution in [2.45, 2.75) is 13.2 Å². The van der Waals surface area contributed by atoms with Crippen LogP contribution in [0, 0.1) is 20.2 Å². The third kappa shape index (κ3) is 4.68. The van der Waals surface area contributed by atoms with Crippen molar-refractivity contribution in [3.8, 4) is 0 Å². The predicted molar refractivity (Wildman–Crippen MR) is 81.5 cm³/mol. The summed E-state index contributed by atoms with van der Waals surface area (Å²) in [5.41, 5.74) is 0.852. The topological polar surface area (TPSA) is 105 Å². The second-order valence-corrected chi connectivity index (χ2v) is 5.18. The van der Waals surface area contributed by atoms with Crippen LogP contribution in [0.3, 0.4) is 0 Å². The van der Waals surface area contributed by atoms with Gasteiger partial charge in [-0.2, -0.15) is 0 Å². The van der Waals surface area contributed by atoms with Crippen LogP contribution >= 0.6 is 0 Å². The summed E-state index contributed by atoms with van der Waals surface area (Å²) >= 11 is 0. The first-order valence-corrected chi connectivity index (χ1v) is 7.34. The molecule has 23 heavy (non-hydrogen) atoms. The summed E-state index contributed by atoms with van der Waals surface area (Å²) in [5, 5.41) is 21.7. The molecule has 0 saturated heterocycles. The molecule has 9 heteroatoms. The van der Waals surface area contributed by atoms with Gasteiger partial charge in [-0.1, -0.05) is 24.3 Å². The van der Waals surface area contributed by atoms with E-state index in [1.807, 2.05) is 0 Å². The van der Waals surface area contributed by atoms with Crippen LogP contribution in [-0.2, 0) is 22.1 Å². The van der Waals surface area contributed by atoms with Gasteiger partial charge in [0.15, 0.2) is 0 Å². The molecule has 2 rings (SSSR count). The molecule has 0 saturated carbocycles. The fourth-order valence-corrected chi connectivity index (χ4v) is 2.39. The molecule has 2 aromatic carbocycles. The summed E-state index contributed by atoms with van der Waals surface area (Å²) in [6, 6.07) is 12.5. The van der Waals surface area contributed by atoms with Gasteiger partial charge >= 0.3 is 10.0 Å². The number of hydrogen-bond acceptors (Lipinski definition) is 6. The number of hydrogen-bond donors (Lipinski definition) is 0. The van der Waals surface area contributed by atoms with Crippen LogP contribution in [0.2, 0.25) is 0 Å². The lowest BCUT2D eigenvalue weighted by Gasteiger charge is -2.05. The van der Waals surface area contributed by atoms with Crippen molar-refractivity contribution in [1.82, 2.24) is 0 Å². The molecule has 0 heterocycles. The van der Waals surface area contributed by atoms with E-state index in [1.165, 1.54) is 12.1 Å². The smallest absolute Gasteiger partial charge is 0.388 e. The fraction of sp³-hybridized carbons (Fsp3) is 0.143. The zero-order chi connectivity index (χ0) is 16.7. The minimum absolute atomic E-state index is 0.0176. The summed E-state index contributed by atoms with van der Waals surface area (Å²) in [7, 11) is -0.382. The van der Waals surface area contributed by atoms with Crippen molar-refractivity contribution in [2.24, 2.45) is 0 Å². The van der Waals surface area contributed by atoms with Crippen LogP contribution in [0.1, 0.15) is 11.1 Å². The lowest BCUT2D eigenvalue weighted by molar-refractivity contribution is -0.385. The summed E-state index contributed by atoms with van der Waals surface area (Å²) in [6.45, 7) is 0.0684. The maximum atomic E-state index is 10.9. The SMILES string of the molecule is O=[N+]([O-])c1ccccc1CO[Si]OCc1ccccc1[N+](=O)[O-]. The van der Waals surface area contributed by atoms with Gasteiger partial charge in [0.1, 0.15) is 0 Å². The Morgan fingerprint density at radius 2 is 1.17 bits per heavy atom. The van der Waals surface area contributed by atoms with Gasteiger partial charge in [0.05, 0.1) is 34.2 Å². The zero-order valence-electron chi connectivity index (χ0n) is 11.9. The molecule has 0 aliphatic carbocycles. The molecule has 118 valence electrons. The second-order valence-electron chi connectivity index (χ2n) is 4.43. The van der Waals surface area contributed by atoms with Crippen molar-refractivity contribution in [3.05, 3.63) is 79.9 Å². The van der Waals surface area contributed by atoms with E-state index in [0.717, 1.165) is 0 Å². The third-order valence-electron chi connectivity index (χ3n) is 2.95. The Bertz CT molecular complexity index is 650. The molecular formula is C14H12N2O6Si. The van der Waals surface area contributed by atoms with Crippen LogP contribution in [0.5, 0.6) is 0 Å². The van der Waals surface area contributed by atoms with E-state index in [0.29, 0.717) is 11.1 Å². The fourth-order valence-electron chi connectivity index (χ4n) is 1.88. The van der Waals surface area contributed by atoms with Crippen molar-refractivity contribution < 1.29 is 18.7 Å². The van der Waals surface area contributed by atoms with Gasteiger partial charge in [0.2, 0.25) is 0 Å². The number of para-hydroxylation sites is 2.